The number of hydrogen-bond donors (Lipinski definition) is 2. The van der Waals surface area contributed by atoms with Crippen molar-refractivity contribution in [3.63, 3.8) is 0 Å². The van der Waals surface area contributed by atoms with Crippen molar-refractivity contribution in [3.05, 3.63) is 24.3 Å². The summed E-state index contributed by atoms with van der Waals surface area (Å²) in [4.78, 5) is 41.4. The van der Waals surface area contributed by atoms with E-state index in [4.69, 9.17) is 9.47 Å². The average Bonchev–Trinajstić information content (AvgIpc) is 3.23. The van der Waals surface area contributed by atoms with Gasteiger partial charge in [0.2, 0.25) is 15.9 Å². The third-order valence-corrected chi connectivity index (χ3v) is 8.19. The van der Waals surface area contributed by atoms with E-state index in [0.717, 1.165) is 0 Å². The highest BCUT2D eigenvalue weighted by Crippen LogP contribution is 2.27. The van der Waals surface area contributed by atoms with E-state index >= 15 is 0 Å². The zero-order chi connectivity index (χ0) is 29.7. The van der Waals surface area contributed by atoms with Crippen molar-refractivity contribution in [2.45, 2.75) is 76.5 Å². The van der Waals surface area contributed by atoms with Gasteiger partial charge in [-0.3, -0.25) is 4.79 Å². The Labute approximate surface area is 237 Å². The highest BCUT2D eigenvalue weighted by Gasteiger charge is 2.38. The van der Waals surface area contributed by atoms with E-state index in [9.17, 15) is 22.8 Å². The summed E-state index contributed by atoms with van der Waals surface area (Å²) in [5.41, 5.74) is -0.784. The second-order valence-corrected chi connectivity index (χ2v) is 13.9. The Morgan fingerprint density at radius 2 is 1.62 bits per heavy atom. The predicted molar refractivity (Wildman–Crippen MR) is 151 cm³/mol. The van der Waals surface area contributed by atoms with Gasteiger partial charge in [-0.1, -0.05) is 0 Å². The number of carbonyl (C=O) groups is 3. The maximum absolute atomic E-state index is 13.1. The lowest BCUT2D eigenvalue weighted by Gasteiger charge is -2.31. The highest BCUT2D eigenvalue weighted by atomic mass is 32.2. The Kier molecular flexibility index (Phi) is 10.1. The van der Waals surface area contributed by atoms with E-state index in [1.165, 1.54) is 21.3 Å². The standard InChI is InChI=1S/C27H43N5O7S/c1-26(2,3)38-24(34)29-12-7-15-31(25(35)39-27(4,5)6)21-18-23(33)32(19-21)20-8-10-22(11-9-20)40(36,37)30-16-13-28-14-17-30/h8-11,21,28H,7,12-19H2,1-6H3,(H,29,34). The molecule has 2 heterocycles. The minimum atomic E-state index is -3.62. The molecule has 1 aromatic carbocycles. The molecule has 0 saturated carbocycles. The first-order valence-electron chi connectivity index (χ1n) is 13.6. The van der Waals surface area contributed by atoms with Crippen LogP contribution in [0.1, 0.15) is 54.4 Å². The number of anilines is 1. The Morgan fingerprint density at radius 1 is 1.02 bits per heavy atom. The van der Waals surface area contributed by atoms with Crippen LogP contribution in [0.4, 0.5) is 15.3 Å². The van der Waals surface area contributed by atoms with E-state index in [1.54, 1.807) is 58.6 Å². The lowest BCUT2D eigenvalue weighted by Crippen LogP contribution is -2.46. The second-order valence-electron chi connectivity index (χ2n) is 12.0. The van der Waals surface area contributed by atoms with Crippen molar-refractivity contribution in [1.82, 2.24) is 19.8 Å². The van der Waals surface area contributed by atoms with Crippen molar-refractivity contribution < 1.29 is 32.3 Å². The van der Waals surface area contributed by atoms with Gasteiger partial charge in [0.1, 0.15) is 11.2 Å². The molecular weight excluding hydrogens is 538 g/mol. The van der Waals surface area contributed by atoms with Crippen LogP contribution >= 0.6 is 0 Å². The van der Waals surface area contributed by atoms with Gasteiger partial charge >= 0.3 is 12.2 Å². The lowest BCUT2D eigenvalue weighted by atomic mass is 10.2. The molecule has 1 aromatic rings. The average molecular weight is 582 g/mol. The van der Waals surface area contributed by atoms with Crippen molar-refractivity contribution in [1.29, 1.82) is 0 Å². The number of amides is 3. The van der Waals surface area contributed by atoms with E-state index in [-0.39, 0.29) is 36.9 Å². The zero-order valence-corrected chi connectivity index (χ0v) is 25.2. The van der Waals surface area contributed by atoms with Crippen LogP contribution in [0, 0.1) is 0 Å². The number of sulfonamides is 1. The summed E-state index contributed by atoms with van der Waals surface area (Å²) in [7, 11) is -3.62. The third-order valence-electron chi connectivity index (χ3n) is 6.28. The molecule has 3 rings (SSSR count). The number of benzene rings is 1. The fourth-order valence-electron chi connectivity index (χ4n) is 4.48. The molecule has 2 aliphatic heterocycles. The monoisotopic (exact) mass is 581 g/mol. The van der Waals surface area contributed by atoms with Gasteiger partial charge in [-0.15, -0.1) is 0 Å². The summed E-state index contributed by atoms with van der Waals surface area (Å²) >= 11 is 0. The number of carbonyl (C=O) groups excluding carboxylic acids is 3. The summed E-state index contributed by atoms with van der Waals surface area (Å²) in [6, 6.07) is 5.83. The number of ether oxygens (including phenoxy) is 2. The fourth-order valence-corrected chi connectivity index (χ4v) is 5.92. The first-order valence-corrected chi connectivity index (χ1v) is 15.1. The summed E-state index contributed by atoms with van der Waals surface area (Å²) in [5, 5.41) is 5.82. The molecule has 2 aliphatic rings. The minimum Gasteiger partial charge on any atom is -0.444 e. The van der Waals surface area contributed by atoms with E-state index in [1.807, 2.05) is 0 Å². The second kappa shape index (κ2) is 12.7. The fraction of sp³-hybridized carbons (Fsp3) is 0.667. The van der Waals surface area contributed by atoms with Gasteiger partial charge in [0, 0.05) is 57.9 Å². The molecule has 3 amide bonds. The van der Waals surface area contributed by atoms with Crippen LogP contribution in [-0.4, -0.2) is 98.8 Å². The molecule has 0 radical (unpaired) electrons. The van der Waals surface area contributed by atoms with Crippen LogP contribution in [0.2, 0.25) is 0 Å². The van der Waals surface area contributed by atoms with Gasteiger partial charge in [0.05, 0.1) is 10.9 Å². The molecule has 40 heavy (non-hydrogen) atoms. The zero-order valence-electron chi connectivity index (χ0n) is 24.4. The van der Waals surface area contributed by atoms with Crippen molar-refractivity contribution >= 4 is 33.8 Å². The molecule has 2 N–H and O–H groups in total. The SMILES string of the molecule is CC(C)(C)OC(=O)NCCCN(C(=O)OC(C)(C)C)C1CC(=O)N(c2ccc(S(=O)(=O)N3CCNCC3)cc2)C1. The van der Waals surface area contributed by atoms with Gasteiger partial charge in [-0.05, 0) is 72.2 Å². The largest absolute Gasteiger partial charge is 0.444 e. The van der Waals surface area contributed by atoms with Gasteiger partial charge in [0.25, 0.3) is 0 Å². The molecular formula is C27H43N5O7S. The van der Waals surface area contributed by atoms with Crippen LogP contribution in [0.3, 0.4) is 0 Å². The summed E-state index contributed by atoms with van der Waals surface area (Å²) in [6.07, 6.45) is -0.552. The van der Waals surface area contributed by atoms with Gasteiger partial charge in [-0.25, -0.2) is 18.0 Å². The van der Waals surface area contributed by atoms with Crippen LogP contribution in [0.5, 0.6) is 0 Å². The molecule has 0 spiro atoms. The van der Waals surface area contributed by atoms with Gasteiger partial charge in [0.15, 0.2) is 0 Å². The van der Waals surface area contributed by atoms with Crippen LogP contribution in [0.15, 0.2) is 29.2 Å². The Balaban J connectivity index is 1.67. The maximum atomic E-state index is 13.1. The molecule has 0 aromatic heterocycles. The Bertz CT molecular complexity index is 1150. The normalized spacial score (nSPS) is 18.9. The van der Waals surface area contributed by atoms with Crippen molar-refractivity contribution in [3.8, 4) is 0 Å². The Hall–Kier alpha value is -2.90. The topological polar surface area (TPSA) is 138 Å². The summed E-state index contributed by atoms with van der Waals surface area (Å²) in [6.45, 7) is 13.4. The molecule has 1 atom stereocenters. The van der Waals surface area contributed by atoms with Gasteiger partial charge in [-0.2, -0.15) is 4.31 Å². The number of piperazine rings is 1. The first kappa shape index (κ1) is 31.6. The van der Waals surface area contributed by atoms with E-state index in [0.29, 0.717) is 38.3 Å². The van der Waals surface area contributed by atoms with Crippen LogP contribution < -0.4 is 15.5 Å². The lowest BCUT2D eigenvalue weighted by molar-refractivity contribution is -0.117. The quantitative estimate of drug-likeness (QED) is 0.447. The molecule has 2 saturated heterocycles. The van der Waals surface area contributed by atoms with E-state index < -0.39 is 39.5 Å². The van der Waals surface area contributed by atoms with Gasteiger partial charge < -0.3 is 29.9 Å². The first-order chi connectivity index (χ1) is 18.6. The summed E-state index contributed by atoms with van der Waals surface area (Å²) < 4.78 is 38.3. The Morgan fingerprint density at radius 3 is 2.20 bits per heavy atom. The number of nitrogens with zero attached hydrogens (tertiary/aromatic N) is 3. The molecule has 0 aliphatic carbocycles. The number of rotatable bonds is 8. The van der Waals surface area contributed by atoms with Crippen molar-refractivity contribution in [2.24, 2.45) is 0 Å². The number of nitrogens with one attached hydrogen (secondary N) is 2. The molecule has 12 nitrogen and oxygen atoms in total. The molecule has 1 unspecified atom stereocenters. The number of alkyl carbamates (subject to hydrolysis) is 1. The van der Waals surface area contributed by atoms with Crippen LogP contribution in [-0.2, 0) is 24.3 Å². The molecule has 0 bridgehead atoms. The highest BCUT2D eigenvalue weighted by molar-refractivity contribution is 7.89. The van der Waals surface area contributed by atoms with Crippen LogP contribution in [0.25, 0.3) is 0 Å². The third kappa shape index (κ3) is 8.80. The predicted octanol–water partition coefficient (Wildman–Crippen LogP) is 2.54. The van der Waals surface area contributed by atoms with E-state index in [2.05, 4.69) is 10.6 Å². The smallest absolute Gasteiger partial charge is 0.410 e. The molecule has 13 heteroatoms. The maximum Gasteiger partial charge on any atom is 0.410 e. The molecule has 224 valence electrons. The summed E-state index contributed by atoms with van der Waals surface area (Å²) in [5.74, 6) is -0.178. The van der Waals surface area contributed by atoms with Crippen molar-refractivity contribution in [2.75, 3.05) is 50.7 Å². The number of hydrogen-bond acceptors (Lipinski definition) is 8. The minimum absolute atomic E-state index is 0.0968. The molecule has 2 fully saturated rings.